The summed E-state index contributed by atoms with van der Waals surface area (Å²) in [6, 6.07) is 7.05. The predicted octanol–water partition coefficient (Wildman–Crippen LogP) is 2.55. The van der Waals surface area contributed by atoms with Gasteiger partial charge in [-0.1, -0.05) is 25.6 Å². The Balaban J connectivity index is 0.00000114. The van der Waals surface area contributed by atoms with Gasteiger partial charge in [0.25, 0.3) is 0 Å². The number of aromatic nitrogens is 4. The van der Waals surface area contributed by atoms with Gasteiger partial charge in [-0.05, 0) is 39.8 Å². The number of hydrogen-bond donors (Lipinski definition) is 6. The fourth-order valence-corrected chi connectivity index (χ4v) is 5.64. The van der Waals surface area contributed by atoms with Gasteiger partial charge in [-0.2, -0.15) is 23.5 Å². The molecule has 0 radical (unpaired) electrons. The van der Waals surface area contributed by atoms with Gasteiger partial charge in [0, 0.05) is 7.05 Å². The molecule has 6 atom stereocenters. The number of aliphatic hydroxyl groups is 1. The molecule has 1 aliphatic heterocycles. The van der Waals surface area contributed by atoms with Crippen molar-refractivity contribution in [3.63, 3.8) is 0 Å². The maximum Gasteiger partial charge on any atom is 0.459 e. The second-order valence-electron chi connectivity index (χ2n) is 10.1. The standard InChI is InChI=1S/C24H33FN7O7P.CH4.H2O4S/c1-13(2)37-21(34)14(3)31-40(35,39-15-9-7-6-8-10-15)36-11-16-18(33)24(4,25)22(38-16)32-12-28-17-19(27-5)29-23(26)30-20(17)32;;1-5(2,3)4/h6-10,12-14,16,18,22,33H,11H2,1-5H3,(H,31,35)(H3,26,27,29,30);1H4;(H2,1,2,3,4)/t14-,16+,18+,22+,24+,40-;;/m0../s1. The van der Waals surface area contributed by atoms with Crippen LogP contribution in [-0.2, 0) is 33.8 Å². The highest BCUT2D eigenvalue weighted by atomic mass is 32.3. The SMILES string of the molecule is C.CNc1nc(N)nc2c1ncn2[C@@H]1O[C@H](CO[P@@](=O)(N[C@@H](C)C(=O)OC(C)C)Oc2ccccc2)[C@@H](O)[C@@]1(C)F.O=S(=O)(O)O. The number of halogens is 1. The molecule has 1 aromatic carbocycles. The smallest absolute Gasteiger partial charge is 0.459 e. The molecule has 7 N–H and O–H groups in total. The molecule has 3 aromatic rings. The average Bonchev–Trinajstić information content (AvgIpc) is 3.43. The van der Waals surface area contributed by atoms with Crippen molar-refractivity contribution in [3.8, 4) is 5.75 Å². The van der Waals surface area contributed by atoms with Gasteiger partial charge in [-0.25, -0.2) is 13.9 Å². The van der Waals surface area contributed by atoms with Crippen LogP contribution in [0.4, 0.5) is 16.2 Å². The summed E-state index contributed by atoms with van der Waals surface area (Å²) in [5, 5.41) is 16.2. The van der Waals surface area contributed by atoms with Gasteiger partial charge in [0.15, 0.2) is 28.9 Å². The Morgan fingerprint density at radius 1 is 1.24 bits per heavy atom. The molecule has 258 valence electrons. The Bertz CT molecular complexity index is 1620. The van der Waals surface area contributed by atoms with Gasteiger partial charge in [0.05, 0.1) is 19.0 Å². The first-order chi connectivity index (χ1) is 20.8. The van der Waals surface area contributed by atoms with Crippen molar-refractivity contribution < 1.29 is 54.9 Å². The molecule has 4 rings (SSSR count). The van der Waals surface area contributed by atoms with E-state index < -0.39 is 67.0 Å². The number of carbonyl (C=O) groups is 1. The quantitative estimate of drug-likeness (QED) is 0.0956. The van der Waals surface area contributed by atoms with Crippen LogP contribution in [0.15, 0.2) is 36.7 Å². The Morgan fingerprint density at radius 2 is 1.85 bits per heavy atom. The molecule has 21 heteroatoms. The lowest BCUT2D eigenvalue weighted by atomic mass is 9.98. The highest BCUT2D eigenvalue weighted by molar-refractivity contribution is 7.79. The van der Waals surface area contributed by atoms with Crippen molar-refractivity contribution in [3.05, 3.63) is 36.7 Å². The van der Waals surface area contributed by atoms with E-state index >= 15 is 4.39 Å². The summed E-state index contributed by atoms with van der Waals surface area (Å²) in [7, 11) is -7.33. The molecule has 0 bridgehead atoms. The van der Waals surface area contributed by atoms with Crippen LogP contribution in [0.5, 0.6) is 5.75 Å². The predicted molar refractivity (Wildman–Crippen MR) is 164 cm³/mol. The lowest BCUT2D eigenvalue weighted by Crippen LogP contribution is -2.41. The Labute approximate surface area is 265 Å². The van der Waals surface area contributed by atoms with Gasteiger partial charge < -0.3 is 30.2 Å². The molecule has 0 amide bonds. The summed E-state index contributed by atoms with van der Waals surface area (Å²) < 4.78 is 84.8. The Morgan fingerprint density at radius 3 is 2.41 bits per heavy atom. The summed E-state index contributed by atoms with van der Waals surface area (Å²) in [6.45, 7) is 5.37. The highest BCUT2D eigenvalue weighted by Crippen LogP contribution is 2.48. The topological polar surface area (TPSA) is 260 Å². The van der Waals surface area contributed by atoms with Crippen molar-refractivity contribution in [2.24, 2.45) is 0 Å². The monoisotopic (exact) mass is 695 g/mol. The van der Waals surface area contributed by atoms with Crippen molar-refractivity contribution in [2.45, 2.75) is 71.4 Å². The van der Waals surface area contributed by atoms with Gasteiger partial charge in [0.2, 0.25) is 5.95 Å². The molecule has 1 fully saturated rings. The molecule has 0 unspecified atom stereocenters. The number of carbonyl (C=O) groups excluding carboxylic acids is 1. The summed E-state index contributed by atoms with van der Waals surface area (Å²) in [6.07, 6.45) is -3.52. The van der Waals surface area contributed by atoms with Crippen LogP contribution >= 0.6 is 7.75 Å². The first-order valence-corrected chi connectivity index (χ1v) is 16.2. The fraction of sp³-hybridized carbons (Fsp3) is 0.520. The molecule has 1 saturated heterocycles. The normalized spacial score (nSPS) is 23.0. The number of aliphatic hydroxyl groups excluding tert-OH is 1. The van der Waals surface area contributed by atoms with Crippen LogP contribution in [0.1, 0.15) is 41.3 Å². The summed E-state index contributed by atoms with van der Waals surface area (Å²) in [5.74, 6) is -0.243. The number of imidazole rings is 1. The zero-order chi connectivity index (χ0) is 33.7. The number of benzene rings is 1. The van der Waals surface area contributed by atoms with E-state index in [0.29, 0.717) is 11.3 Å². The maximum atomic E-state index is 16.0. The summed E-state index contributed by atoms with van der Waals surface area (Å²) in [5.41, 5.74) is 3.94. The zero-order valence-electron chi connectivity index (χ0n) is 24.8. The molecule has 1 aliphatic rings. The van der Waals surface area contributed by atoms with Gasteiger partial charge >= 0.3 is 24.1 Å². The minimum Gasteiger partial charge on any atom is -0.462 e. The number of fused-ring (bicyclic) bond motifs is 1. The first kappa shape index (κ1) is 38.7. The second-order valence-corrected chi connectivity index (χ2v) is 12.7. The number of anilines is 2. The van der Waals surface area contributed by atoms with E-state index in [2.05, 4.69) is 25.4 Å². The highest BCUT2D eigenvalue weighted by Gasteiger charge is 2.56. The summed E-state index contributed by atoms with van der Waals surface area (Å²) in [4.78, 5) is 24.8. The van der Waals surface area contributed by atoms with Gasteiger partial charge in [-0.15, -0.1) is 0 Å². The first-order valence-electron chi connectivity index (χ1n) is 13.2. The largest absolute Gasteiger partial charge is 0.462 e. The molecular weight excluding hydrogens is 656 g/mol. The molecular formula is C25H39FN7O11PS. The van der Waals surface area contributed by atoms with Gasteiger partial charge in [-0.3, -0.25) is 23.0 Å². The number of para-hydroxylation sites is 1. The number of nitrogens with one attached hydrogen (secondary N) is 2. The Hall–Kier alpha value is -3.49. The number of hydrogen-bond acceptors (Lipinski definition) is 14. The van der Waals surface area contributed by atoms with Crippen LogP contribution < -0.4 is 20.7 Å². The van der Waals surface area contributed by atoms with E-state index in [-0.39, 0.29) is 24.8 Å². The third-order valence-corrected chi connectivity index (χ3v) is 7.72. The minimum absolute atomic E-state index is 0. The van der Waals surface area contributed by atoms with E-state index in [1.807, 2.05) is 0 Å². The van der Waals surface area contributed by atoms with Crippen molar-refractivity contribution in [1.29, 1.82) is 0 Å². The zero-order valence-corrected chi connectivity index (χ0v) is 26.5. The second kappa shape index (κ2) is 15.4. The number of nitrogens with two attached hydrogens (primary N) is 1. The molecule has 0 aliphatic carbocycles. The number of esters is 1. The third-order valence-electron chi connectivity index (χ3n) is 6.08. The van der Waals surface area contributed by atoms with Crippen LogP contribution in [-0.4, -0.2) is 91.8 Å². The van der Waals surface area contributed by atoms with Crippen molar-refractivity contribution >= 4 is 47.0 Å². The lowest BCUT2D eigenvalue weighted by Gasteiger charge is -2.25. The molecule has 3 heterocycles. The fourth-order valence-electron chi connectivity index (χ4n) is 4.14. The molecule has 0 spiro atoms. The minimum atomic E-state index is -4.67. The molecule has 2 aromatic heterocycles. The van der Waals surface area contributed by atoms with Crippen LogP contribution in [0.3, 0.4) is 0 Å². The van der Waals surface area contributed by atoms with Crippen LogP contribution in [0.2, 0.25) is 0 Å². The molecule has 18 nitrogen and oxygen atoms in total. The van der Waals surface area contributed by atoms with Crippen LogP contribution in [0, 0.1) is 0 Å². The van der Waals surface area contributed by atoms with E-state index in [1.165, 1.54) is 17.8 Å². The van der Waals surface area contributed by atoms with E-state index in [1.54, 1.807) is 51.2 Å². The van der Waals surface area contributed by atoms with E-state index in [4.69, 9.17) is 41.8 Å². The van der Waals surface area contributed by atoms with Crippen LogP contribution in [0.25, 0.3) is 11.2 Å². The van der Waals surface area contributed by atoms with Crippen molar-refractivity contribution in [2.75, 3.05) is 24.7 Å². The number of ether oxygens (including phenoxy) is 2. The summed E-state index contributed by atoms with van der Waals surface area (Å²) >= 11 is 0. The average molecular weight is 696 g/mol. The van der Waals surface area contributed by atoms with Crippen molar-refractivity contribution in [1.82, 2.24) is 24.6 Å². The molecule has 0 saturated carbocycles. The number of nitrogen functional groups attached to an aromatic ring is 1. The number of nitrogens with zero attached hydrogens (tertiary/aromatic N) is 4. The third kappa shape index (κ3) is 10.0. The molecule has 46 heavy (non-hydrogen) atoms. The van der Waals surface area contributed by atoms with E-state index in [9.17, 15) is 14.5 Å². The number of alkyl halides is 1. The lowest BCUT2D eigenvalue weighted by molar-refractivity contribution is -0.149. The van der Waals surface area contributed by atoms with Gasteiger partial charge in [0.1, 0.15) is 24.0 Å². The van der Waals surface area contributed by atoms with E-state index in [0.717, 1.165) is 6.92 Å². The Kier molecular flexibility index (Phi) is 13.0. The number of rotatable bonds is 11. The maximum absolute atomic E-state index is 16.0.